The second-order valence-corrected chi connectivity index (χ2v) is 18.0. The van der Waals surface area contributed by atoms with E-state index in [1.807, 2.05) is 11.8 Å². The first-order chi connectivity index (χ1) is 31.4. The molecular weight excluding hydrogens is 882 g/mol. The number of ether oxygens (including phenoxy) is 1. The number of hydrogen-bond acceptors (Lipinski definition) is 9. The lowest BCUT2D eigenvalue weighted by Crippen LogP contribution is -2.52. The summed E-state index contributed by atoms with van der Waals surface area (Å²) in [6.45, 7) is 6.76. The Balaban J connectivity index is 0.802. The summed E-state index contributed by atoms with van der Waals surface area (Å²) in [7, 11) is 0. The highest BCUT2D eigenvalue weighted by molar-refractivity contribution is 6.42. The van der Waals surface area contributed by atoms with Crippen LogP contribution in [0.5, 0.6) is 5.75 Å². The predicted molar refractivity (Wildman–Crippen MR) is 242 cm³/mol. The number of unbranched alkanes of at least 4 members (excludes halogenated alkanes) is 4. The van der Waals surface area contributed by atoms with Crippen LogP contribution in [-0.2, 0) is 20.9 Å². The summed E-state index contributed by atoms with van der Waals surface area (Å²) >= 11 is 12.9. The van der Waals surface area contributed by atoms with Crippen molar-refractivity contribution in [3.8, 4) is 16.9 Å². The molecule has 4 aromatic rings. The lowest BCUT2D eigenvalue weighted by molar-refractivity contribution is -0.137. The van der Waals surface area contributed by atoms with Gasteiger partial charge in [0.05, 0.1) is 17.2 Å². The number of carbonyl (C=O) groups is 4. The van der Waals surface area contributed by atoms with Crippen molar-refractivity contribution >= 4 is 63.6 Å². The lowest BCUT2D eigenvalue weighted by atomic mass is 9.85. The van der Waals surface area contributed by atoms with E-state index in [0.29, 0.717) is 62.4 Å². The van der Waals surface area contributed by atoms with Crippen LogP contribution < -0.4 is 15.0 Å². The molecule has 0 aliphatic carbocycles. The Morgan fingerprint density at radius 3 is 2.43 bits per heavy atom. The summed E-state index contributed by atoms with van der Waals surface area (Å²) in [6, 6.07) is 7.99. The number of piperazine rings is 1. The van der Waals surface area contributed by atoms with Gasteiger partial charge in [0.1, 0.15) is 46.1 Å². The van der Waals surface area contributed by atoms with Gasteiger partial charge < -0.3 is 24.3 Å². The summed E-state index contributed by atoms with van der Waals surface area (Å²) in [5.41, 5.74) is 1.72. The molecule has 12 nitrogen and oxygen atoms in total. The van der Waals surface area contributed by atoms with Crippen LogP contribution in [-0.4, -0.2) is 107 Å². The maximum Gasteiger partial charge on any atom is 0.265 e. The number of aromatic nitrogens is 2. The number of benzene rings is 3. The zero-order valence-electron chi connectivity index (χ0n) is 36.3. The summed E-state index contributed by atoms with van der Waals surface area (Å²) in [5.74, 6) is -2.60. The summed E-state index contributed by atoms with van der Waals surface area (Å²) < 4.78 is 53.0. The number of fused-ring (bicyclic) bond motifs is 2. The van der Waals surface area contributed by atoms with E-state index in [0.717, 1.165) is 69.3 Å². The molecule has 65 heavy (non-hydrogen) atoms. The van der Waals surface area contributed by atoms with Crippen LogP contribution in [0.25, 0.3) is 22.0 Å². The molecule has 4 amide bonds. The minimum atomic E-state index is -0.784. The van der Waals surface area contributed by atoms with Crippen LogP contribution in [0.3, 0.4) is 0 Å². The number of hydrogen-bond donors (Lipinski definition) is 1. The third-order valence-corrected chi connectivity index (χ3v) is 13.7. The molecule has 5 heterocycles. The van der Waals surface area contributed by atoms with E-state index in [-0.39, 0.29) is 75.5 Å². The van der Waals surface area contributed by atoms with Crippen molar-refractivity contribution in [3.63, 3.8) is 0 Å². The molecule has 344 valence electrons. The van der Waals surface area contributed by atoms with Gasteiger partial charge in [-0.05, 0) is 106 Å². The van der Waals surface area contributed by atoms with Gasteiger partial charge in [0.2, 0.25) is 11.8 Å². The molecule has 17 heteroatoms. The van der Waals surface area contributed by atoms with E-state index in [9.17, 15) is 23.6 Å². The van der Waals surface area contributed by atoms with Crippen LogP contribution in [0.15, 0.2) is 53.8 Å². The molecular formula is C48H52Cl2F3N7O5. The minimum absolute atomic E-state index is 0.00655. The van der Waals surface area contributed by atoms with E-state index in [2.05, 4.69) is 20.2 Å². The SMILES string of the molecule is CCC=C(Cl)C(=O)N1CCN(c2ncnc3c(F)c(-c4c(F)cccc4OCCCCCCCN4CCC(c5cc(F)cc6c5CN(C5CCC(=O)NC5=O)C6=O)CC4)c(Cl)cc23)CC1. The Morgan fingerprint density at radius 2 is 1.68 bits per heavy atom. The third-order valence-electron chi connectivity index (χ3n) is 13.0. The van der Waals surface area contributed by atoms with Gasteiger partial charge in [-0.15, -0.1) is 0 Å². The fraction of sp³-hybridized carbons (Fsp3) is 0.458. The molecule has 3 fully saturated rings. The van der Waals surface area contributed by atoms with E-state index in [1.165, 1.54) is 29.4 Å². The average Bonchev–Trinajstić information content (AvgIpc) is 3.62. The van der Waals surface area contributed by atoms with E-state index < -0.39 is 29.4 Å². The topological polar surface area (TPSA) is 128 Å². The van der Waals surface area contributed by atoms with Crippen LogP contribution in [0.4, 0.5) is 19.0 Å². The molecule has 3 aromatic carbocycles. The maximum atomic E-state index is 16.5. The zero-order chi connectivity index (χ0) is 45.8. The fourth-order valence-corrected chi connectivity index (χ4v) is 10.2. The van der Waals surface area contributed by atoms with Crippen LogP contribution in [0.2, 0.25) is 5.02 Å². The van der Waals surface area contributed by atoms with Gasteiger partial charge in [-0.2, -0.15) is 0 Å². The molecule has 0 spiro atoms. The number of likely N-dealkylation sites (tertiary alicyclic amines) is 1. The Labute approximate surface area is 386 Å². The van der Waals surface area contributed by atoms with Crippen LogP contribution >= 0.6 is 23.2 Å². The first-order valence-corrected chi connectivity index (χ1v) is 23.3. The molecule has 0 saturated carbocycles. The fourth-order valence-electron chi connectivity index (χ4n) is 9.64. The molecule has 1 atom stereocenters. The van der Waals surface area contributed by atoms with Crippen molar-refractivity contribution in [3.05, 3.63) is 93.0 Å². The maximum absolute atomic E-state index is 16.5. The first-order valence-electron chi connectivity index (χ1n) is 22.6. The van der Waals surface area contributed by atoms with Gasteiger partial charge >= 0.3 is 0 Å². The summed E-state index contributed by atoms with van der Waals surface area (Å²) in [5, 5.41) is 2.87. The number of amides is 4. The Morgan fingerprint density at radius 1 is 0.923 bits per heavy atom. The minimum Gasteiger partial charge on any atom is -0.493 e. The average molecular weight is 935 g/mol. The smallest absolute Gasteiger partial charge is 0.265 e. The monoisotopic (exact) mass is 933 g/mol. The molecule has 1 unspecified atom stereocenters. The highest BCUT2D eigenvalue weighted by atomic mass is 35.5. The van der Waals surface area contributed by atoms with Crippen molar-refractivity contribution in [2.45, 2.75) is 89.6 Å². The van der Waals surface area contributed by atoms with Crippen molar-refractivity contribution in [1.29, 1.82) is 0 Å². The molecule has 8 rings (SSSR count). The van der Waals surface area contributed by atoms with E-state index >= 15 is 8.78 Å². The van der Waals surface area contributed by atoms with Gasteiger partial charge in [0.15, 0.2) is 5.82 Å². The molecule has 4 aliphatic rings. The largest absolute Gasteiger partial charge is 0.493 e. The molecule has 1 aromatic heterocycles. The Kier molecular flexibility index (Phi) is 14.6. The van der Waals surface area contributed by atoms with Gasteiger partial charge in [0, 0.05) is 55.7 Å². The number of piperidine rings is 2. The van der Waals surface area contributed by atoms with Crippen molar-refractivity contribution in [2.24, 2.45) is 0 Å². The van der Waals surface area contributed by atoms with Gasteiger partial charge in [-0.1, -0.05) is 61.5 Å². The molecule has 0 bridgehead atoms. The highest BCUT2D eigenvalue weighted by Crippen LogP contribution is 2.43. The number of nitrogens with one attached hydrogen (secondary N) is 1. The Hall–Kier alpha value is -5.25. The van der Waals surface area contributed by atoms with Gasteiger partial charge in [-0.25, -0.2) is 23.1 Å². The normalized spacial score (nSPS) is 18.7. The molecule has 4 aliphatic heterocycles. The highest BCUT2D eigenvalue weighted by Gasteiger charge is 2.41. The number of nitrogens with zero attached hydrogens (tertiary/aromatic N) is 6. The predicted octanol–water partition coefficient (Wildman–Crippen LogP) is 8.52. The number of allylic oxidation sites excluding steroid dienone is 1. The van der Waals surface area contributed by atoms with Crippen molar-refractivity contribution in [2.75, 3.05) is 57.3 Å². The number of anilines is 1. The molecule has 1 N–H and O–H groups in total. The standard InChI is InChI=1S/C48H52Cl2F3N7O5/c1-2-9-35(49)48(64)59-21-19-58(20-22-59)45-33-26-36(50)41(43(53)44(33)54-28-55-45)42-37(52)10-8-11-39(42)65-23-7-5-3-4-6-16-57-17-14-29(15-18-57)31-24-30(51)25-32-34(31)27-60(47(32)63)38-12-13-40(61)56-46(38)62/h8-11,24-26,28-29,38H,2-7,12-23,27H2,1H3,(H,56,61,62). The quantitative estimate of drug-likeness (QED) is 0.0709. The third kappa shape index (κ3) is 9.97. The number of rotatable bonds is 15. The van der Waals surface area contributed by atoms with E-state index in [4.69, 9.17) is 27.9 Å². The summed E-state index contributed by atoms with van der Waals surface area (Å²) in [6.07, 6.45) is 10.3. The van der Waals surface area contributed by atoms with Crippen molar-refractivity contribution < 1.29 is 37.1 Å². The molecule has 3 saturated heterocycles. The number of carbonyl (C=O) groups excluding carboxylic acids is 4. The molecule has 0 radical (unpaired) electrons. The summed E-state index contributed by atoms with van der Waals surface area (Å²) in [4.78, 5) is 66.4. The second-order valence-electron chi connectivity index (χ2n) is 17.1. The number of imide groups is 1. The van der Waals surface area contributed by atoms with Crippen LogP contribution in [0.1, 0.15) is 98.5 Å². The van der Waals surface area contributed by atoms with Crippen molar-refractivity contribution in [1.82, 2.24) is 30.0 Å². The van der Waals surface area contributed by atoms with Crippen LogP contribution in [0, 0.1) is 17.5 Å². The van der Waals surface area contributed by atoms with Gasteiger partial charge in [0.25, 0.3) is 11.8 Å². The number of halogens is 5. The van der Waals surface area contributed by atoms with Gasteiger partial charge in [-0.3, -0.25) is 24.5 Å². The lowest BCUT2D eigenvalue weighted by Gasteiger charge is -2.35. The van der Waals surface area contributed by atoms with E-state index in [1.54, 1.807) is 29.2 Å². The second kappa shape index (κ2) is 20.5. The Bertz CT molecular complexity index is 2510. The zero-order valence-corrected chi connectivity index (χ0v) is 37.8. The first kappa shape index (κ1) is 46.3.